The Morgan fingerprint density at radius 1 is 1.35 bits per heavy atom. The van der Waals surface area contributed by atoms with Gasteiger partial charge in [-0.3, -0.25) is 4.99 Å². The highest BCUT2D eigenvalue weighted by Gasteiger charge is 2.20. The molecular formula is C15H15Br2N3. The summed E-state index contributed by atoms with van der Waals surface area (Å²) in [4.78, 5) is 8.98. The average Bonchev–Trinajstić information content (AvgIpc) is 2.87. The first-order valence-electron chi connectivity index (χ1n) is 6.25. The molecule has 1 atom stereocenters. The van der Waals surface area contributed by atoms with Crippen LogP contribution in [0.1, 0.15) is 12.8 Å². The second-order valence-corrected chi connectivity index (χ2v) is 5.90. The predicted molar refractivity (Wildman–Crippen MR) is 92.2 cm³/mol. The first-order valence-corrected chi connectivity index (χ1v) is 7.83. The zero-order valence-corrected chi connectivity index (χ0v) is 14.1. The van der Waals surface area contributed by atoms with Gasteiger partial charge in [-0.15, -0.1) is 0 Å². The van der Waals surface area contributed by atoms with Crippen LogP contribution in [0.15, 0.2) is 63.3 Å². The van der Waals surface area contributed by atoms with Gasteiger partial charge in [0.15, 0.2) is 0 Å². The number of hydrogen-bond acceptors (Lipinski definition) is 3. The Balaban J connectivity index is 2.13. The molecule has 1 aliphatic rings. The average molecular weight is 397 g/mol. The molecule has 0 bridgehead atoms. The maximum atomic E-state index is 4.69. The van der Waals surface area contributed by atoms with Gasteiger partial charge in [-0.2, -0.15) is 0 Å². The normalized spacial score (nSPS) is 18.6. The number of allylic oxidation sites excluding steroid dienone is 2. The minimum atomic E-state index is 0.162. The lowest BCUT2D eigenvalue weighted by molar-refractivity contribution is 0.780. The van der Waals surface area contributed by atoms with Gasteiger partial charge in [-0.05, 0) is 56.0 Å². The summed E-state index contributed by atoms with van der Waals surface area (Å²) >= 11 is 6.77. The summed E-state index contributed by atoms with van der Waals surface area (Å²) in [6.07, 6.45) is 7.47. The zero-order chi connectivity index (χ0) is 14.5. The molecule has 0 amide bonds. The van der Waals surface area contributed by atoms with E-state index in [0.29, 0.717) is 0 Å². The highest BCUT2D eigenvalue weighted by Crippen LogP contribution is 2.26. The standard InChI is InChI=1S/C15H15Br2N3/c1-3-5-10(4-2)11-7-9-14(18-11)19-12-6-8-13(16)20-15(12)17/h3-6,8,11H,1-2,7,9H2,(H,18,19)/b10-5+. The van der Waals surface area contributed by atoms with Crippen LogP contribution >= 0.6 is 31.9 Å². The third-order valence-electron chi connectivity index (χ3n) is 2.99. The van der Waals surface area contributed by atoms with Gasteiger partial charge in [0, 0.05) is 6.42 Å². The van der Waals surface area contributed by atoms with E-state index in [2.05, 4.69) is 55.3 Å². The number of hydrogen-bond donors (Lipinski definition) is 1. The largest absolute Gasteiger partial charge is 0.342 e. The summed E-state index contributed by atoms with van der Waals surface area (Å²) in [6.45, 7) is 7.55. The van der Waals surface area contributed by atoms with Gasteiger partial charge >= 0.3 is 0 Å². The number of halogens is 2. The Kier molecular flexibility index (Phi) is 5.31. The molecule has 0 aliphatic carbocycles. The maximum absolute atomic E-state index is 4.69. The fraction of sp³-hybridized carbons (Fsp3) is 0.200. The number of nitrogens with one attached hydrogen (secondary N) is 1. The second-order valence-electron chi connectivity index (χ2n) is 4.33. The van der Waals surface area contributed by atoms with Crippen molar-refractivity contribution in [2.45, 2.75) is 18.9 Å². The molecule has 5 heteroatoms. The molecule has 0 saturated heterocycles. The number of pyridine rings is 1. The second kappa shape index (κ2) is 6.99. The number of nitrogens with zero attached hydrogens (tertiary/aromatic N) is 2. The molecule has 20 heavy (non-hydrogen) atoms. The van der Waals surface area contributed by atoms with Crippen LogP contribution < -0.4 is 5.32 Å². The van der Waals surface area contributed by atoms with Crippen LogP contribution in [0.3, 0.4) is 0 Å². The fourth-order valence-electron chi connectivity index (χ4n) is 2.04. The molecule has 2 heterocycles. The molecule has 1 N–H and O–H groups in total. The third-order valence-corrected chi connectivity index (χ3v) is 4.04. The summed E-state index contributed by atoms with van der Waals surface area (Å²) < 4.78 is 1.56. The third kappa shape index (κ3) is 3.67. The van der Waals surface area contributed by atoms with Crippen molar-refractivity contribution in [3.63, 3.8) is 0 Å². The Hall–Kier alpha value is -1.20. The van der Waals surface area contributed by atoms with Crippen molar-refractivity contribution in [1.82, 2.24) is 4.98 Å². The van der Waals surface area contributed by atoms with E-state index in [1.54, 1.807) is 6.08 Å². The van der Waals surface area contributed by atoms with Crippen molar-refractivity contribution in [2.24, 2.45) is 4.99 Å². The Morgan fingerprint density at radius 3 is 2.80 bits per heavy atom. The summed E-state index contributed by atoms with van der Waals surface area (Å²) in [5.74, 6) is 0.969. The van der Waals surface area contributed by atoms with Crippen molar-refractivity contribution in [2.75, 3.05) is 5.32 Å². The van der Waals surface area contributed by atoms with Crippen LogP contribution in [0.2, 0.25) is 0 Å². The van der Waals surface area contributed by atoms with Gasteiger partial charge < -0.3 is 5.32 Å². The highest BCUT2D eigenvalue weighted by molar-refractivity contribution is 9.11. The van der Waals surface area contributed by atoms with Gasteiger partial charge in [-0.1, -0.05) is 31.4 Å². The number of aromatic nitrogens is 1. The van der Waals surface area contributed by atoms with Crippen molar-refractivity contribution in [3.05, 3.63) is 58.3 Å². The van der Waals surface area contributed by atoms with Crippen LogP contribution in [0.5, 0.6) is 0 Å². The highest BCUT2D eigenvalue weighted by atomic mass is 79.9. The molecule has 1 aromatic rings. The Labute approximate surface area is 135 Å². The lowest BCUT2D eigenvalue weighted by Gasteiger charge is -2.08. The van der Waals surface area contributed by atoms with Crippen molar-refractivity contribution in [3.8, 4) is 0 Å². The number of rotatable bonds is 4. The molecular weight excluding hydrogens is 382 g/mol. The van der Waals surface area contributed by atoms with Gasteiger partial charge in [0.1, 0.15) is 15.0 Å². The van der Waals surface area contributed by atoms with Crippen molar-refractivity contribution < 1.29 is 0 Å². The molecule has 1 unspecified atom stereocenters. The molecule has 0 radical (unpaired) electrons. The zero-order valence-electron chi connectivity index (χ0n) is 10.9. The number of aliphatic imine (C=N–C) groups is 1. The quantitative estimate of drug-likeness (QED) is 0.581. The van der Waals surface area contributed by atoms with Gasteiger partial charge in [0.2, 0.25) is 0 Å². The lowest BCUT2D eigenvalue weighted by Crippen LogP contribution is -2.09. The van der Waals surface area contributed by atoms with E-state index >= 15 is 0 Å². The van der Waals surface area contributed by atoms with Crippen LogP contribution in [0, 0.1) is 0 Å². The minimum absolute atomic E-state index is 0.162. The van der Waals surface area contributed by atoms with E-state index in [1.807, 2.05) is 24.3 Å². The molecule has 1 aromatic heterocycles. The molecule has 0 aromatic carbocycles. The van der Waals surface area contributed by atoms with E-state index < -0.39 is 0 Å². The fourth-order valence-corrected chi connectivity index (χ4v) is 3.01. The van der Waals surface area contributed by atoms with Crippen LogP contribution in [-0.2, 0) is 0 Å². The van der Waals surface area contributed by atoms with Crippen molar-refractivity contribution in [1.29, 1.82) is 0 Å². The van der Waals surface area contributed by atoms with Gasteiger partial charge in [0.25, 0.3) is 0 Å². The molecule has 2 rings (SSSR count). The molecule has 104 valence electrons. The summed E-state index contributed by atoms with van der Waals surface area (Å²) in [7, 11) is 0. The van der Waals surface area contributed by atoms with Crippen LogP contribution in [0.25, 0.3) is 0 Å². The number of amidine groups is 1. The predicted octanol–water partition coefficient (Wildman–Crippen LogP) is 4.88. The monoisotopic (exact) mass is 395 g/mol. The van der Waals surface area contributed by atoms with Crippen LogP contribution in [-0.4, -0.2) is 16.9 Å². The minimum Gasteiger partial charge on any atom is -0.342 e. The topological polar surface area (TPSA) is 37.3 Å². The van der Waals surface area contributed by atoms with Gasteiger partial charge in [-0.25, -0.2) is 4.98 Å². The first kappa shape index (κ1) is 15.2. The molecule has 0 fully saturated rings. The number of anilines is 1. The first-order chi connectivity index (χ1) is 9.63. The summed E-state index contributed by atoms with van der Waals surface area (Å²) in [6, 6.07) is 4.02. The molecule has 0 spiro atoms. The van der Waals surface area contributed by atoms with E-state index in [-0.39, 0.29) is 6.04 Å². The van der Waals surface area contributed by atoms with Crippen molar-refractivity contribution >= 4 is 43.4 Å². The van der Waals surface area contributed by atoms with Crippen LogP contribution in [0.4, 0.5) is 5.69 Å². The molecule has 3 nitrogen and oxygen atoms in total. The van der Waals surface area contributed by atoms with E-state index in [1.165, 1.54) is 0 Å². The Morgan fingerprint density at radius 2 is 2.15 bits per heavy atom. The smallest absolute Gasteiger partial charge is 0.130 e. The van der Waals surface area contributed by atoms with E-state index in [4.69, 9.17) is 4.99 Å². The van der Waals surface area contributed by atoms with E-state index in [0.717, 1.165) is 39.1 Å². The summed E-state index contributed by atoms with van der Waals surface area (Å²) in [5, 5.41) is 3.32. The Bertz CT molecular complexity index is 591. The lowest BCUT2D eigenvalue weighted by atomic mass is 10.0. The molecule has 1 aliphatic heterocycles. The SMILES string of the molecule is C=C/C=C(\C=C)C1CCC(Nc2ccc(Br)nc2Br)=N1. The van der Waals surface area contributed by atoms with E-state index in [9.17, 15) is 0 Å². The van der Waals surface area contributed by atoms with Gasteiger partial charge in [0.05, 0.1) is 11.7 Å². The maximum Gasteiger partial charge on any atom is 0.130 e. The molecule has 0 saturated carbocycles. The summed E-state index contributed by atoms with van der Waals surface area (Å²) in [5.41, 5.74) is 2.02.